The lowest BCUT2D eigenvalue weighted by Gasteiger charge is -2.27. The second-order valence-electron chi connectivity index (χ2n) is 17.8. The van der Waals surface area contributed by atoms with Gasteiger partial charge in [-0.05, 0) is 140 Å². The molecule has 0 unspecified atom stereocenters. The Balaban J connectivity index is 0.912. The van der Waals surface area contributed by atoms with Crippen molar-refractivity contribution in [1.29, 1.82) is 0 Å². The summed E-state index contributed by atoms with van der Waals surface area (Å²) < 4.78 is 2.45. The lowest BCUT2D eigenvalue weighted by atomic mass is 9.82. The first-order chi connectivity index (χ1) is 32.0. The van der Waals surface area contributed by atoms with Crippen molar-refractivity contribution in [3.8, 4) is 61.3 Å². The topological polar surface area (TPSA) is 8.17 Å². The molecule has 1 aliphatic rings. The van der Waals surface area contributed by atoms with Crippen LogP contribution in [-0.4, -0.2) is 4.57 Å². The molecule has 65 heavy (non-hydrogen) atoms. The van der Waals surface area contributed by atoms with Gasteiger partial charge in [-0.2, -0.15) is 0 Å². The first-order valence-electron chi connectivity index (χ1n) is 22.6. The molecule has 308 valence electrons. The number of anilines is 3. The molecular weight excluding hydrogens is 785 g/mol. The van der Waals surface area contributed by atoms with Gasteiger partial charge < -0.3 is 9.47 Å². The SMILES string of the molecule is CC1(C)c2ccccc2-c2cc3c4ccccc4n(-c4ccc(-c5cccc(-c6cccc(N(c7cccc(-c8ccccc8)c7)c7cccc(-c8ccccc8)c7)c6)c5)cc4)c3cc21. The summed E-state index contributed by atoms with van der Waals surface area (Å²) in [5, 5.41) is 2.56. The number of rotatable bonds is 8. The smallest absolute Gasteiger partial charge is 0.0544 e. The van der Waals surface area contributed by atoms with Gasteiger partial charge in [0.15, 0.2) is 0 Å². The van der Waals surface area contributed by atoms with E-state index in [-0.39, 0.29) is 5.41 Å². The number of para-hydroxylation sites is 1. The monoisotopic (exact) mass is 830 g/mol. The van der Waals surface area contributed by atoms with Gasteiger partial charge in [0.1, 0.15) is 0 Å². The molecule has 0 spiro atoms. The summed E-state index contributed by atoms with van der Waals surface area (Å²) in [6, 6.07) is 88.7. The summed E-state index contributed by atoms with van der Waals surface area (Å²) in [6.07, 6.45) is 0. The van der Waals surface area contributed by atoms with E-state index in [0.717, 1.165) is 28.3 Å². The van der Waals surface area contributed by atoms with E-state index in [0.29, 0.717) is 0 Å². The molecule has 0 fully saturated rings. The van der Waals surface area contributed by atoms with Crippen molar-refractivity contribution in [2.24, 2.45) is 0 Å². The largest absolute Gasteiger partial charge is 0.310 e. The molecule has 1 heterocycles. The van der Waals surface area contributed by atoms with Crippen LogP contribution >= 0.6 is 0 Å². The van der Waals surface area contributed by atoms with Crippen LogP contribution in [0.4, 0.5) is 17.1 Å². The summed E-state index contributed by atoms with van der Waals surface area (Å²) in [7, 11) is 0. The molecule has 0 N–H and O–H groups in total. The molecule has 0 atom stereocenters. The zero-order valence-corrected chi connectivity index (χ0v) is 36.5. The predicted molar refractivity (Wildman–Crippen MR) is 275 cm³/mol. The second kappa shape index (κ2) is 15.6. The molecule has 0 amide bonds. The zero-order chi connectivity index (χ0) is 43.5. The van der Waals surface area contributed by atoms with Crippen molar-refractivity contribution in [3.05, 3.63) is 254 Å². The van der Waals surface area contributed by atoms with Crippen LogP contribution in [0.2, 0.25) is 0 Å². The first-order valence-corrected chi connectivity index (χ1v) is 22.6. The third kappa shape index (κ3) is 6.65. The molecule has 2 heteroatoms. The van der Waals surface area contributed by atoms with E-state index < -0.39 is 0 Å². The Morgan fingerprint density at radius 3 is 1.38 bits per heavy atom. The summed E-state index contributed by atoms with van der Waals surface area (Å²) in [5.41, 5.74) is 21.8. The fourth-order valence-electron chi connectivity index (χ4n) is 10.3. The van der Waals surface area contributed by atoms with Crippen molar-refractivity contribution >= 4 is 38.9 Å². The Labute approximate surface area is 381 Å². The van der Waals surface area contributed by atoms with E-state index in [2.05, 4.69) is 266 Å². The fraction of sp³-hybridized carbons (Fsp3) is 0.0476. The third-order valence-electron chi connectivity index (χ3n) is 13.6. The highest BCUT2D eigenvalue weighted by atomic mass is 15.1. The first kappa shape index (κ1) is 38.5. The zero-order valence-electron chi connectivity index (χ0n) is 36.5. The van der Waals surface area contributed by atoms with Crippen LogP contribution < -0.4 is 4.90 Å². The lowest BCUT2D eigenvalue weighted by molar-refractivity contribution is 0.661. The minimum Gasteiger partial charge on any atom is -0.310 e. The molecule has 12 rings (SSSR count). The van der Waals surface area contributed by atoms with E-state index in [1.165, 1.54) is 83.0 Å². The maximum atomic E-state index is 2.46. The maximum Gasteiger partial charge on any atom is 0.0544 e. The van der Waals surface area contributed by atoms with Crippen LogP contribution in [0.25, 0.3) is 83.1 Å². The molecule has 0 saturated heterocycles. The molecule has 0 saturated carbocycles. The molecule has 0 aliphatic heterocycles. The van der Waals surface area contributed by atoms with Crippen molar-refractivity contribution in [1.82, 2.24) is 4.57 Å². The van der Waals surface area contributed by atoms with Crippen LogP contribution in [0.5, 0.6) is 0 Å². The van der Waals surface area contributed by atoms with Crippen molar-refractivity contribution in [2.45, 2.75) is 19.3 Å². The van der Waals surface area contributed by atoms with E-state index in [4.69, 9.17) is 0 Å². The van der Waals surface area contributed by atoms with Gasteiger partial charge in [-0.1, -0.05) is 184 Å². The van der Waals surface area contributed by atoms with Crippen LogP contribution in [-0.2, 0) is 5.41 Å². The highest BCUT2D eigenvalue weighted by Gasteiger charge is 2.36. The maximum absolute atomic E-state index is 2.46. The number of hydrogen-bond donors (Lipinski definition) is 0. The van der Waals surface area contributed by atoms with Gasteiger partial charge in [-0.15, -0.1) is 0 Å². The summed E-state index contributed by atoms with van der Waals surface area (Å²) in [6.45, 7) is 4.73. The normalized spacial score (nSPS) is 12.6. The predicted octanol–water partition coefficient (Wildman–Crippen LogP) is 17.2. The fourth-order valence-corrected chi connectivity index (χ4v) is 10.3. The van der Waals surface area contributed by atoms with E-state index in [1.54, 1.807) is 0 Å². The molecule has 11 aromatic rings. The van der Waals surface area contributed by atoms with Gasteiger partial charge in [0.2, 0.25) is 0 Å². The lowest BCUT2D eigenvalue weighted by Crippen LogP contribution is -2.14. The Hall–Kier alpha value is -8.20. The van der Waals surface area contributed by atoms with E-state index in [1.807, 2.05) is 0 Å². The standard InChI is InChI=1S/C63H46N2/c1-63(2)59-31-11-9-29-55(59)57-41-58-56-30-10-12-32-61(56)65(62(58)42-60(57)63)51-35-33-45(34-36-51)46-21-13-22-47(37-46)50-25-16-28-54(40-50)64(52-26-14-23-48(38-52)43-17-5-3-6-18-43)53-27-15-24-49(39-53)44-19-7-4-8-20-44/h3-42H,1-2H3. The molecule has 1 aliphatic carbocycles. The Bertz CT molecular complexity index is 3480. The average Bonchev–Trinajstić information content (AvgIpc) is 3.81. The molecule has 0 radical (unpaired) electrons. The highest BCUT2D eigenvalue weighted by molar-refractivity contribution is 6.11. The summed E-state index contributed by atoms with van der Waals surface area (Å²) in [5.74, 6) is 0. The van der Waals surface area contributed by atoms with Crippen molar-refractivity contribution in [3.63, 3.8) is 0 Å². The van der Waals surface area contributed by atoms with Gasteiger partial charge in [0, 0.05) is 38.9 Å². The molecule has 10 aromatic carbocycles. The van der Waals surface area contributed by atoms with Gasteiger partial charge in [-0.25, -0.2) is 0 Å². The number of fused-ring (bicyclic) bond motifs is 6. The third-order valence-corrected chi connectivity index (χ3v) is 13.6. The summed E-state index contributed by atoms with van der Waals surface area (Å²) in [4.78, 5) is 2.38. The van der Waals surface area contributed by atoms with Gasteiger partial charge in [-0.3, -0.25) is 0 Å². The van der Waals surface area contributed by atoms with Crippen LogP contribution in [0, 0.1) is 0 Å². The van der Waals surface area contributed by atoms with Crippen LogP contribution in [0.1, 0.15) is 25.0 Å². The van der Waals surface area contributed by atoms with Crippen LogP contribution in [0.3, 0.4) is 0 Å². The Morgan fingerprint density at radius 1 is 0.308 bits per heavy atom. The van der Waals surface area contributed by atoms with Crippen LogP contribution in [0.15, 0.2) is 243 Å². The van der Waals surface area contributed by atoms with E-state index >= 15 is 0 Å². The number of benzene rings is 10. The quantitative estimate of drug-likeness (QED) is 0.148. The number of aromatic nitrogens is 1. The van der Waals surface area contributed by atoms with E-state index in [9.17, 15) is 0 Å². The molecule has 2 nitrogen and oxygen atoms in total. The highest BCUT2D eigenvalue weighted by Crippen LogP contribution is 2.51. The Kier molecular flexibility index (Phi) is 9.21. The summed E-state index contributed by atoms with van der Waals surface area (Å²) >= 11 is 0. The Morgan fingerprint density at radius 2 is 0.769 bits per heavy atom. The molecule has 1 aromatic heterocycles. The number of hydrogen-bond acceptors (Lipinski definition) is 1. The minimum absolute atomic E-state index is 0.0744. The van der Waals surface area contributed by atoms with Gasteiger partial charge in [0.25, 0.3) is 0 Å². The van der Waals surface area contributed by atoms with Crippen molar-refractivity contribution in [2.75, 3.05) is 4.90 Å². The van der Waals surface area contributed by atoms with Gasteiger partial charge in [0.05, 0.1) is 11.0 Å². The number of nitrogens with zero attached hydrogens (tertiary/aromatic N) is 2. The minimum atomic E-state index is -0.0744. The van der Waals surface area contributed by atoms with Gasteiger partial charge >= 0.3 is 0 Å². The average molecular weight is 831 g/mol. The molecule has 0 bridgehead atoms. The van der Waals surface area contributed by atoms with Crippen molar-refractivity contribution < 1.29 is 0 Å². The molecular formula is C63H46N2. The second-order valence-corrected chi connectivity index (χ2v) is 17.8.